The molecular weight excluding hydrogens is 380 g/mol. The zero-order chi connectivity index (χ0) is 20.5. The maximum absolute atomic E-state index is 11.7. The molecule has 0 spiro atoms. The Bertz CT molecular complexity index is 1180. The van der Waals surface area contributed by atoms with Gasteiger partial charge in [-0.15, -0.1) is 0 Å². The van der Waals surface area contributed by atoms with Crippen LogP contribution in [0.4, 0.5) is 0 Å². The van der Waals surface area contributed by atoms with Crippen LogP contribution in [0.1, 0.15) is 13.8 Å². The molecule has 0 bridgehead atoms. The number of rotatable bonds is 6. The van der Waals surface area contributed by atoms with Crippen molar-refractivity contribution in [3.8, 4) is 5.75 Å². The highest BCUT2D eigenvalue weighted by atomic mass is 32.2. The van der Waals surface area contributed by atoms with E-state index in [1.165, 1.54) is 12.1 Å². The molecule has 0 fully saturated rings. The van der Waals surface area contributed by atoms with Gasteiger partial charge in [-0.25, -0.2) is 4.79 Å². The summed E-state index contributed by atoms with van der Waals surface area (Å²) in [6, 6.07) is 13.8. The second-order valence-electron chi connectivity index (χ2n) is 6.59. The van der Waals surface area contributed by atoms with Crippen molar-refractivity contribution in [3.05, 3.63) is 60.7 Å². The second-order valence-corrected chi connectivity index (χ2v) is 8.01. The number of fused-ring (bicyclic) bond motifs is 2. The Labute approximate surface area is 163 Å². The zero-order valence-electron chi connectivity index (χ0n) is 15.5. The van der Waals surface area contributed by atoms with Crippen LogP contribution in [0.25, 0.3) is 21.5 Å². The van der Waals surface area contributed by atoms with E-state index in [4.69, 9.17) is 9.47 Å². The standard InChI is InChI=1S/C21H20O6S/c1-13(2)21(22)27-14(3)12-26-20-18-7-5-4-6-15(18)10-16-8-9-17(11-19(16)20)28(23,24)25/h4-11,14H,1,12H2,2-3H3,(H,23,24,25). The zero-order valence-corrected chi connectivity index (χ0v) is 16.3. The van der Waals surface area contributed by atoms with Crippen molar-refractivity contribution in [3.63, 3.8) is 0 Å². The number of ether oxygens (including phenoxy) is 2. The summed E-state index contributed by atoms with van der Waals surface area (Å²) in [5.41, 5.74) is 0.292. The fourth-order valence-electron chi connectivity index (χ4n) is 2.83. The average molecular weight is 400 g/mol. The summed E-state index contributed by atoms with van der Waals surface area (Å²) in [5.74, 6) is -0.0515. The normalized spacial score (nSPS) is 12.7. The minimum atomic E-state index is -4.36. The molecule has 7 heteroatoms. The molecule has 3 rings (SSSR count). The molecule has 3 aromatic carbocycles. The summed E-state index contributed by atoms with van der Waals surface area (Å²) >= 11 is 0. The highest BCUT2D eigenvalue weighted by molar-refractivity contribution is 7.85. The van der Waals surface area contributed by atoms with Crippen LogP contribution in [0.2, 0.25) is 0 Å². The minimum absolute atomic E-state index is 0.0677. The van der Waals surface area contributed by atoms with E-state index >= 15 is 0 Å². The van der Waals surface area contributed by atoms with Crippen molar-refractivity contribution < 1.29 is 27.2 Å². The summed E-state index contributed by atoms with van der Waals surface area (Å²) in [6.45, 7) is 6.87. The Balaban J connectivity index is 2.06. The van der Waals surface area contributed by atoms with Gasteiger partial charge in [0.05, 0.1) is 4.90 Å². The van der Waals surface area contributed by atoms with Gasteiger partial charge in [0.25, 0.3) is 10.1 Å². The van der Waals surface area contributed by atoms with Crippen molar-refractivity contribution >= 4 is 37.6 Å². The molecule has 0 heterocycles. The van der Waals surface area contributed by atoms with Crippen LogP contribution >= 0.6 is 0 Å². The smallest absolute Gasteiger partial charge is 0.333 e. The third kappa shape index (κ3) is 4.16. The molecule has 0 aliphatic carbocycles. The summed E-state index contributed by atoms with van der Waals surface area (Å²) < 4.78 is 43.7. The summed E-state index contributed by atoms with van der Waals surface area (Å²) in [4.78, 5) is 11.5. The SMILES string of the molecule is C=C(C)C(=O)OC(C)COc1c2ccccc2cc2ccc(S(=O)(=O)O)cc12. The van der Waals surface area contributed by atoms with Gasteiger partial charge in [0.1, 0.15) is 18.5 Å². The molecule has 146 valence electrons. The second kappa shape index (κ2) is 7.61. The van der Waals surface area contributed by atoms with Crippen molar-refractivity contribution in [1.82, 2.24) is 0 Å². The number of carbonyl (C=O) groups excluding carboxylic acids is 1. The van der Waals surface area contributed by atoms with Crippen LogP contribution in [0.3, 0.4) is 0 Å². The highest BCUT2D eigenvalue weighted by Crippen LogP contribution is 2.36. The largest absolute Gasteiger partial charge is 0.488 e. The Morgan fingerprint density at radius 1 is 1.11 bits per heavy atom. The van der Waals surface area contributed by atoms with E-state index < -0.39 is 22.2 Å². The van der Waals surface area contributed by atoms with Crippen molar-refractivity contribution in [2.24, 2.45) is 0 Å². The van der Waals surface area contributed by atoms with E-state index in [-0.39, 0.29) is 11.5 Å². The van der Waals surface area contributed by atoms with Crippen molar-refractivity contribution in [2.75, 3.05) is 6.61 Å². The van der Waals surface area contributed by atoms with Gasteiger partial charge < -0.3 is 9.47 Å². The highest BCUT2D eigenvalue weighted by Gasteiger charge is 2.16. The topological polar surface area (TPSA) is 89.9 Å². The van der Waals surface area contributed by atoms with Crippen LogP contribution < -0.4 is 4.74 Å². The van der Waals surface area contributed by atoms with Crippen LogP contribution in [0.5, 0.6) is 5.75 Å². The van der Waals surface area contributed by atoms with Crippen molar-refractivity contribution in [2.45, 2.75) is 24.8 Å². The van der Waals surface area contributed by atoms with Crippen LogP contribution in [-0.4, -0.2) is 31.7 Å². The van der Waals surface area contributed by atoms with E-state index in [1.54, 1.807) is 19.9 Å². The van der Waals surface area contributed by atoms with Gasteiger partial charge in [-0.05, 0) is 42.8 Å². The molecule has 0 aliphatic heterocycles. The van der Waals surface area contributed by atoms with Gasteiger partial charge in [-0.3, -0.25) is 4.55 Å². The van der Waals surface area contributed by atoms with E-state index in [0.29, 0.717) is 16.7 Å². The third-order valence-electron chi connectivity index (χ3n) is 4.20. The first-order valence-corrected chi connectivity index (χ1v) is 10.0. The third-order valence-corrected chi connectivity index (χ3v) is 5.05. The predicted octanol–water partition coefficient (Wildman–Crippen LogP) is 4.13. The molecule has 3 aromatic rings. The van der Waals surface area contributed by atoms with E-state index in [2.05, 4.69) is 6.58 Å². The Morgan fingerprint density at radius 2 is 1.79 bits per heavy atom. The van der Waals surface area contributed by atoms with Gasteiger partial charge in [-0.1, -0.05) is 36.9 Å². The number of hydrogen-bond donors (Lipinski definition) is 1. The number of carbonyl (C=O) groups is 1. The van der Waals surface area contributed by atoms with Crippen LogP contribution in [0, 0.1) is 0 Å². The van der Waals surface area contributed by atoms with Gasteiger partial charge >= 0.3 is 5.97 Å². The summed E-state index contributed by atoms with van der Waals surface area (Å²) in [5, 5.41) is 2.98. The molecule has 0 aliphatic rings. The molecular formula is C21H20O6S. The van der Waals surface area contributed by atoms with Gasteiger partial charge in [-0.2, -0.15) is 8.42 Å². The fourth-order valence-corrected chi connectivity index (χ4v) is 3.34. The lowest BCUT2D eigenvalue weighted by molar-refractivity contribution is -0.144. The first-order valence-electron chi connectivity index (χ1n) is 8.59. The lowest BCUT2D eigenvalue weighted by Gasteiger charge is -2.17. The minimum Gasteiger partial charge on any atom is -0.488 e. The Kier molecular flexibility index (Phi) is 5.40. The Hall–Kier alpha value is -2.90. The lowest BCUT2D eigenvalue weighted by Crippen LogP contribution is -2.22. The van der Waals surface area contributed by atoms with Crippen LogP contribution in [0.15, 0.2) is 65.6 Å². The molecule has 1 N–H and O–H groups in total. The van der Waals surface area contributed by atoms with Crippen LogP contribution in [-0.2, 0) is 19.6 Å². The van der Waals surface area contributed by atoms with E-state index in [0.717, 1.165) is 16.2 Å². The molecule has 0 amide bonds. The summed E-state index contributed by atoms with van der Waals surface area (Å²) in [6.07, 6.45) is -0.539. The fraction of sp³-hybridized carbons (Fsp3) is 0.190. The number of hydrogen-bond acceptors (Lipinski definition) is 5. The molecule has 1 atom stereocenters. The van der Waals surface area contributed by atoms with Gasteiger partial charge in [0.2, 0.25) is 0 Å². The number of esters is 1. The molecule has 0 aromatic heterocycles. The number of benzene rings is 3. The predicted molar refractivity (Wildman–Crippen MR) is 107 cm³/mol. The molecule has 0 radical (unpaired) electrons. The van der Waals surface area contributed by atoms with Crippen molar-refractivity contribution in [1.29, 1.82) is 0 Å². The molecule has 6 nitrogen and oxygen atoms in total. The first kappa shape index (κ1) is 19.9. The lowest BCUT2D eigenvalue weighted by atomic mass is 10.0. The van der Waals surface area contributed by atoms with E-state index in [1.807, 2.05) is 30.3 Å². The molecule has 1 unspecified atom stereocenters. The summed E-state index contributed by atoms with van der Waals surface area (Å²) in [7, 11) is -4.36. The monoisotopic (exact) mass is 400 g/mol. The average Bonchev–Trinajstić information content (AvgIpc) is 2.63. The first-order chi connectivity index (χ1) is 13.2. The van der Waals surface area contributed by atoms with Gasteiger partial charge in [0.15, 0.2) is 0 Å². The Morgan fingerprint density at radius 3 is 2.46 bits per heavy atom. The molecule has 0 saturated heterocycles. The molecule has 0 saturated carbocycles. The maximum atomic E-state index is 11.7. The van der Waals surface area contributed by atoms with E-state index in [9.17, 15) is 17.8 Å². The molecule has 28 heavy (non-hydrogen) atoms. The maximum Gasteiger partial charge on any atom is 0.333 e. The van der Waals surface area contributed by atoms with Gasteiger partial charge in [0, 0.05) is 16.3 Å². The quantitative estimate of drug-likeness (QED) is 0.290.